The highest BCUT2D eigenvalue weighted by Crippen LogP contribution is 2.30. The molecular formula is C30H30F3N7O2S. The molecule has 5 rings (SSSR count). The summed E-state index contributed by atoms with van der Waals surface area (Å²) in [6, 6.07) is 13.0. The summed E-state index contributed by atoms with van der Waals surface area (Å²) in [7, 11) is 2.13. The lowest BCUT2D eigenvalue weighted by atomic mass is 10.1. The van der Waals surface area contributed by atoms with Crippen molar-refractivity contribution in [3.05, 3.63) is 94.1 Å². The van der Waals surface area contributed by atoms with Crippen LogP contribution in [0.25, 0.3) is 0 Å². The van der Waals surface area contributed by atoms with Crippen LogP contribution in [0.1, 0.15) is 36.7 Å². The average Bonchev–Trinajstić information content (AvgIpc) is 3.44. The zero-order valence-corrected chi connectivity index (χ0v) is 24.4. The van der Waals surface area contributed by atoms with E-state index in [1.54, 1.807) is 31.3 Å². The summed E-state index contributed by atoms with van der Waals surface area (Å²) in [5.41, 5.74) is 1.57. The number of halogens is 3. The van der Waals surface area contributed by atoms with Crippen molar-refractivity contribution in [2.24, 2.45) is 0 Å². The van der Waals surface area contributed by atoms with Gasteiger partial charge in [0.05, 0.1) is 11.8 Å². The van der Waals surface area contributed by atoms with Gasteiger partial charge in [0, 0.05) is 55.9 Å². The van der Waals surface area contributed by atoms with Gasteiger partial charge in [-0.2, -0.15) is 13.2 Å². The van der Waals surface area contributed by atoms with Crippen molar-refractivity contribution in [2.75, 3.05) is 49.2 Å². The van der Waals surface area contributed by atoms with E-state index in [-0.39, 0.29) is 5.56 Å². The standard InChI is InChI=1S/C30H30F3N7O2S/c1-19-6-7-23(36-27(41)21-4-3-5-22(15-21)30(31,32)33)16-24(19)37-28(42)25-17-35-29(43-25)38-26-14-20(8-9-34-26)18-40-12-10-39(2)11-13-40/h3-9,14-17H,10-13,18H2,1-2H3,(H,36,41)(H,37,42)(H,34,35,38). The largest absolute Gasteiger partial charge is 0.416 e. The smallest absolute Gasteiger partial charge is 0.322 e. The number of benzene rings is 2. The van der Waals surface area contributed by atoms with Crippen molar-refractivity contribution in [1.82, 2.24) is 19.8 Å². The van der Waals surface area contributed by atoms with Crippen LogP contribution in [-0.4, -0.2) is 64.8 Å². The minimum Gasteiger partial charge on any atom is -0.322 e. The quantitative estimate of drug-likeness (QED) is 0.230. The molecule has 1 saturated heterocycles. The molecule has 2 amide bonds. The van der Waals surface area contributed by atoms with Crippen LogP contribution < -0.4 is 16.0 Å². The van der Waals surface area contributed by atoms with E-state index in [9.17, 15) is 22.8 Å². The third kappa shape index (κ3) is 7.95. The van der Waals surface area contributed by atoms with E-state index < -0.39 is 23.6 Å². The second-order valence-corrected chi connectivity index (χ2v) is 11.3. The molecule has 0 atom stereocenters. The topological polar surface area (TPSA) is 102 Å². The van der Waals surface area contributed by atoms with E-state index in [0.717, 1.165) is 56.0 Å². The molecule has 0 spiro atoms. The van der Waals surface area contributed by atoms with Gasteiger partial charge in [0.25, 0.3) is 11.8 Å². The van der Waals surface area contributed by atoms with Crippen molar-refractivity contribution in [1.29, 1.82) is 0 Å². The molecular weight excluding hydrogens is 579 g/mol. The summed E-state index contributed by atoms with van der Waals surface area (Å²) in [4.78, 5) is 39.4. The molecule has 1 fully saturated rings. The normalized spacial score (nSPS) is 14.3. The molecule has 2 aromatic carbocycles. The Morgan fingerprint density at radius 2 is 1.74 bits per heavy atom. The zero-order valence-electron chi connectivity index (χ0n) is 23.5. The summed E-state index contributed by atoms with van der Waals surface area (Å²) < 4.78 is 39.1. The van der Waals surface area contributed by atoms with Crippen LogP contribution in [0.2, 0.25) is 0 Å². The molecule has 0 bridgehead atoms. The number of likely N-dealkylation sites (N-methyl/N-ethyl adjacent to an activating group) is 1. The number of alkyl halides is 3. The number of amides is 2. The number of rotatable bonds is 8. The number of hydrogen-bond donors (Lipinski definition) is 3. The van der Waals surface area contributed by atoms with E-state index >= 15 is 0 Å². The van der Waals surface area contributed by atoms with Gasteiger partial charge in [-0.1, -0.05) is 23.5 Å². The number of carbonyl (C=O) groups excluding carboxylic acids is 2. The first-order valence-electron chi connectivity index (χ1n) is 13.5. The Morgan fingerprint density at radius 1 is 0.953 bits per heavy atom. The monoisotopic (exact) mass is 609 g/mol. The van der Waals surface area contributed by atoms with E-state index in [1.165, 1.54) is 29.7 Å². The summed E-state index contributed by atoms with van der Waals surface area (Å²) in [6.45, 7) is 6.72. The number of pyridine rings is 1. The minimum absolute atomic E-state index is 0.134. The molecule has 0 aliphatic carbocycles. The van der Waals surface area contributed by atoms with E-state index in [2.05, 4.69) is 42.8 Å². The fourth-order valence-corrected chi connectivity index (χ4v) is 5.23. The Balaban J connectivity index is 1.21. The van der Waals surface area contributed by atoms with Crippen LogP contribution in [-0.2, 0) is 12.7 Å². The number of carbonyl (C=O) groups is 2. The SMILES string of the molecule is Cc1ccc(NC(=O)c2cccc(C(F)(F)F)c2)cc1NC(=O)c1cnc(Nc2cc(CN3CCN(C)CC3)ccn2)s1. The highest BCUT2D eigenvalue weighted by molar-refractivity contribution is 7.17. The third-order valence-electron chi connectivity index (χ3n) is 6.99. The zero-order chi connectivity index (χ0) is 30.6. The Labute approximate surface area is 250 Å². The maximum absolute atomic E-state index is 13.0. The van der Waals surface area contributed by atoms with Crippen LogP contribution in [0.4, 0.5) is 35.5 Å². The molecule has 9 nitrogen and oxygen atoms in total. The highest BCUT2D eigenvalue weighted by atomic mass is 32.1. The summed E-state index contributed by atoms with van der Waals surface area (Å²) >= 11 is 1.17. The van der Waals surface area contributed by atoms with Crippen molar-refractivity contribution >= 4 is 45.5 Å². The molecule has 1 aliphatic heterocycles. The summed E-state index contributed by atoms with van der Waals surface area (Å²) in [5, 5.41) is 9.09. The Hall–Kier alpha value is -4.33. The van der Waals surface area contributed by atoms with Crippen molar-refractivity contribution in [2.45, 2.75) is 19.6 Å². The molecule has 0 radical (unpaired) electrons. The second-order valence-electron chi connectivity index (χ2n) is 10.3. The number of thiazole rings is 1. The van der Waals surface area contributed by atoms with Crippen molar-refractivity contribution in [3.63, 3.8) is 0 Å². The van der Waals surface area contributed by atoms with Gasteiger partial charge in [-0.15, -0.1) is 0 Å². The molecule has 13 heteroatoms. The highest BCUT2D eigenvalue weighted by Gasteiger charge is 2.31. The number of anilines is 4. The van der Waals surface area contributed by atoms with Gasteiger partial charge in [-0.3, -0.25) is 14.5 Å². The second kappa shape index (κ2) is 12.9. The van der Waals surface area contributed by atoms with Crippen molar-refractivity contribution in [3.8, 4) is 0 Å². The lowest BCUT2D eigenvalue weighted by Crippen LogP contribution is -2.43. The van der Waals surface area contributed by atoms with Gasteiger partial charge in [0.15, 0.2) is 5.13 Å². The van der Waals surface area contributed by atoms with Gasteiger partial charge in [-0.25, -0.2) is 9.97 Å². The molecule has 0 saturated carbocycles. The van der Waals surface area contributed by atoms with Gasteiger partial charge in [0.2, 0.25) is 0 Å². The number of nitrogens with zero attached hydrogens (tertiary/aromatic N) is 4. The van der Waals surface area contributed by atoms with Gasteiger partial charge >= 0.3 is 6.18 Å². The number of hydrogen-bond acceptors (Lipinski definition) is 8. The molecule has 43 heavy (non-hydrogen) atoms. The van der Waals surface area contributed by atoms with Crippen molar-refractivity contribution < 1.29 is 22.8 Å². The summed E-state index contributed by atoms with van der Waals surface area (Å²) in [5.74, 6) is -0.466. The first-order chi connectivity index (χ1) is 20.5. The summed E-state index contributed by atoms with van der Waals surface area (Å²) in [6.07, 6.45) is -1.35. The van der Waals surface area contributed by atoms with Gasteiger partial charge < -0.3 is 20.9 Å². The van der Waals surface area contributed by atoms with Crippen LogP contribution in [0.3, 0.4) is 0 Å². The van der Waals surface area contributed by atoms with Gasteiger partial charge in [-0.05, 0) is 67.6 Å². The van der Waals surface area contributed by atoms with E-state index in [4.69, 9.17) is 0 Å². The molecule has 3 N–H and O–H groups in total. The van der Waals surface area contributed by atoms with E-state index in [0.29, 0.717) is 27.2 Å². The lowest BCUT2D eigenvalue weighted by Gasteiger charge is -2.32. The maximum atomic E-state index is 13.0. The predicted octanol–water partition coefficient (Wildman–Crippen LogP) is 5.86. The lowest BCUT2D eigenvalue weighted by molar-refractivity contribution is -0.137. The third-order valence-corrected chi connectivity index (χ3v) is 7.90. The van der Waals surface area contributed by atoms with Gasteiger partial charge in [0.1, 0.15) is 10.7 Å². The Bertz CT molecular complexity index is 1620. The molecule has 4 aromatic rings. The molecule has 0 unspecified atom stereocenters. The first kappa shape index (κ1) is 30.1. The number of aromatic nitrogens is 2. The van der Waals surface area contributed by atoms with E-state index in [1.807, 2.05) is 12.1 Å². The van der Waals surface area contributed by atoms with Crippen LogP contribution in [0.15, 0.2) is 67.0 Å². The molecule has 1 aliphatic rings. The number of aryl methyl sites for hydroxylation is 1. The molecule has 224 valence electrons. The Kier molecular flexibility index (Phi) is 9.04. The van der Waals surface area contributed by atoms with Crippen LogP contribution in [0, 0.1) is 6.92 Å². The average molecular weight is 610 g/mol. The predicted molar refractivity (Wildman–Crippen MR) is 161 cm³/mol. The Morgan fingerprint density at radius 3 is 2.51 bits per heavy atom. The maximum Gasteiger partial charge on any atom is 0.416 e. The number of nitrogens with one attached hydrogen (secondary N) is 3. The molecule has 2 aromatic heterocycles. The number of piperazine rings is 1. The van der Waals surface area contributed by atoms with Crippen LogP contribution >= 0.6 is 11.3 Å². The fourth-order valence-electron chi connectivity index (χ4n) is 4.51. The minimum atomic E-state index is -4.56. The molecule has 3 heterocycles. The fraction of sp³-hybridized carbons (Fsp3) is 0.267. The van der Waals surface area contributed by atoms with Crippen LogP contribution in [0.5, 0.6) is 0 Å². The first-order valence-corrected chi connectivity index (χ1v) is 14.3.